The molecular formula is C16H27N3. The first kappa shape index (κ1) is 14.3. The van der Waals surface area contributed by atoms with E-state index in [2.05, 4.69) is 55.0 Å². The van der Waals surface area contributed by atoms with Crippen molar-refractivity contribution in [2.45, 2.75) is 40.7 Å². The van der Waals surface area contributed by atoms with Gasteiger partial charge in [-0.2, -0.15) is 0 Å². The maximum Gasteiger partial charge on any atom is 0.128 e. The molecule has 0 unspecified atom stereocenters. The molecule has 2 rings (SSSR count). The Labute approximate surface area is 117 Å². The molecule has 106 valence electrons. The molecule has 1 fully saturated rings. The molecule has 1 aromatic rings. The number of hydrogen-bond donors (Lipinski definition) is 1. The summed E-state index contributed by atoms with van der Waals surface area (Å²) in [4.78, 5) is 6.94. The van der Waals surface area contributed by atoms with Crippen LogP contribution in [-0.4, -0.2) is 24.6 Å². The Morgan fingerprint density at radius 2 is 2.21 bits per heavy atom. The molecule has 19 heavy (non-hydrogen) atoms. The van der Waals surface area contributed by atoms with Crippen molar-refractivity contribution < 1.29 is 0 Å². The van der Waals surface area contributed by atoms with Crippen molar-refractivity contribution in [2.24, 2.45) is 11.3 Å². The monoisotopic (exact) mass is 261 g/mol. The van der Waals surface area contributed by atoms with Gasteiger partial charge >= 0.3 is 0 Å². The Morgan fingerprint density at radius 3 is 2.84 bits per heavy atom. The minimum absolute atomic E-state index is 0.424. The first-order valence-corrected chi connectivity index (χ1v) is 7.37. The van der Waals surface area contributed by atoms with Crippen molar-refractivity contribution >= 4 is 5.82 Å². The summed E-state index contributed by atoms with van der Waals surface area (Å²) in [5.74, 6) is 1.83. The number of nitrogens with one attached hydrogen (secondary N) is 1. The van der Waals surface area contributed by atoms with Gasteiger partial charge in [0, 0.05) is 25.8 Å². The van der Waals surface area contributed by atoms with Gasteiger partial charge in [-0.3, -0.25) is 0 Å². The Hall–Kier alpha value is -1.09. The standard InChI is InChI=1S/C16H27N3/c1-13(2)10-17-11-14-5-7-18-15(9-14)19-8-6-16(3,4)12-19/h5,7,9,13,17H,6,8,10-12H2,1-4H3. The zero-order chi connectivity index (χ0) is 13.9. The molecule has 1 N–H and O–H groups in total. The van der Waals surface area contributed by atoms with E-state index in [0.29, 0.717) is 11.3 Å². The van der Waals surface area contributed by atoms with Crippen LogP contribution in [0, 0.1) is 11.3 Å². The zero-order valence-electron chi connectivity index (χ0n) is 12.7. The fourth-order valence-electron chi connectivity index (χ4n) is 2.56. The van der Waals surface area contributed by atoms with Crippen molar-refractivity contribution in [1.29, 1.82) is 0 Å². The molecule has 0 spiro atoms. The Bertz CT molecular complexity index is 412. The van der Waals surface area contributed by atoms with E-state index in [0.717, 1.165) is 32.0 Å². The first-order valence-electron chi connectivity index (χ1n) is 7.37. The summed E-state index contributed by atoms with van der Waals surface area (Å²) in [5.41, 5.74) is 1.75. The van der Waals surface area contributed by atoms with Gasteiger partial charge < -0.3 is 10.2 Å². The normalized spacial score (nSPS) is 18.3. The second-order valence-electron chi connectivity index (χ2n) is 6.88. The van der Waals surface area contributed by atoms with Crippen LogP contribution in [0.15, 0.2) is 18.3 Å². The number of nitrogens with zero attached hydrogens (tertiary/aromatic N) is 2. The zero-order valence-corrected chi connectivity index (χ0v) is 12.7. The second-order valence-corrected chi connectivity index (χ2v) is 6.88. The van der Waals surface area contributed by atoms with E-state index >= 15 is 0 Å². The molecule has 1 aromatic heterocycles. The largest absolute Gasteiger partial charge is 0.356 e. The molecule has 0 radical (unpaired) electrons. The van der Waals surface area contributed by atoms with Crippen molar-refractivity contribution in [3.05, 3.63) is 23.9 Å². The van der Waals surface area contributed by atoms with Gasteiger partial charge in [-0.15, -0.1) is 0 Å². The number of rotatable bonds is 5. The van der Waals surface area contributed by atoms with Gasteiger partial charge in [0.25, 0.3) is 0 Å². The van der Waals surface area contributed by atoms with Crippen LogP contribution in [0.1, 0.15) is 39.7 Å². The summed E-state index contributed by atoms with van der Waals surface area (Å²) in [6.45, 7) is 13.4. The third-order valence-corrected chi connectivity index (χ3v) is 3.69. The summed E-state index contributed by atoms with van der Waals surface area (Å²) >= 11 is 0. The van der Waals surface area contributed by atoms with Crippen LogP contribution in [0.4, 0.5) is 5.82 Å². The van der Waals surface area contributed by atoms with Crippen molar-refractivity contribution in [3.63, 3.8) is 0 Å². The minimum Gasteiger partial charge on any atom is -0.356 e. The Balaban J connectivity index is 1.96. The fraction of sp³-hybridized carbons (Fsp3) is 0.688. The molecule has 2 heterocycles. The van der Waals surface area contributed by atoms with Gasteiger partial charge in [-0.1, -0.05) is 27.7 Å². The van der Waals surface area contributed by atoms with E-state index in [1.807, 2.05) is 6.20 Å². The predicted molar refractivity (Wildman–Crippen MR) is 81.4 cm³/mol. The van der Waals surface area contributed by atoms with Gasteiger partial charge in [0.1, 0.15) is 5.82 Å². The molecular weight excluding hydrogens is 234 g/mol. The molecule has 1 saturated heterocycles. The predicted octanol–water partition coefficient (Wildman–Crippen LogP) is 3.06. The van der Waals surface area contributed by atoms with Gasteiger partial charge in [0.15, 0.2) is 0 Å². The third-order valence-electron chi connectivity index (χ3n) is 3.69. The van der Waals surface area contributed by atoms with Crippen molar-refractivity contribution in [1.82, 2.24) is 10.3 Å². The lowest BCUT2D eigenvalue weighted by Gasteiger charge is -2.21. The number of hydrogen-bond acceptors (Lipinski definition) is 3. The summed E-state index contributed by atoms with van der Waals surface area (Å²) in [6.07, 6.45) is 3.19. The van der Waals surface area contributed by atoms with Crippen LogP contribution in [0.2, 0.25) is 0 Å². The van der Waals surface area contributed by atoms with Gasteiger partial charge in [0.2, 0.25) is 0 Å². The first-order chi connectivity index (χ1) is 8.96. The second kappa shape index (κ2) is 5.91. The van der Waals surface area contributed by atoms with Gasteiger partial charge in [-0.25, -0.2) is 4.98 Å². The Morgan fingerprint density at radius 1 is 1.42 bits per heavy atom. The average Bonchev–Trinajstić information content (AvgIpc) is 2.70. The van der Waals surface area contributed by atoms with Crippen LogP contribution < -0.4 is 10.2 Å². The summed E-state index contributed by atoms with van der Waals surface area (Å²) in [7, 11) is 0. The lowest BCUT2D eigenvalue weighted by atomic mass is 9.93. The molecule has 0 aromatic carbocycles. The molecule has 3 heteroatoms. The maximum absolute atomic E-state index is 4.53. The highest BCUT2D eigenvalue weighted by Gasteiger charge is 2.29. The molecule has 1 aliphatic heterocycles. The number of pyridine rings is 1. The number of anilines is 1. The van der Waals surface area contributed by atoms with Crippen molar-refractivity contribution in [2.75, 3.05) is 24.5 Å². The van der Waals surface area contributed by atoms with Gasteiger partial charge in [-0.05, 0) is 42.0 Å². The third kappa shape index (κ3) is 4.20. The average molecular weight is 261 g/mol. The van der Waals surface area contributed by atoms with Crippen LogP contribution in [0.3, 0.4) is 0 Å². The molecule has 0 amide bonds. The van der Waals surface area contributed by atoms with Crippen LogP contribution in [0.5, 0.6) is 0 Å². The fourth-order valence-corrected chi connectivity index (χ4v) is 2.56. The van der Waals surface area contributed by atoms with Crippen LogP contribution in [0.25, 0.3) is 0 Å². The van der Waals surface area contributed by atoms with Crippen molar-refractivity contribution in [3.8, 4) is 0 Å². The maximum atomic E-state index is 4.53. The minimum atomic E-state index is 0.424. The van der Waals surface area contributed by atoms with E-state index < -0.39 is 0 Å². The number of aromatic nitrogens is 1. The van der Waals surface area contributed by atoms with E-state index in [9.17, 15) is 0 Å². The van der Waals surface area contributed by atoms with E-state index in [1.165, 1.54) is 12.0 Å². The SMILES string of the molecule is CC(C)CNCc1ccnc(N2CCC(C)(C)C2)c1. The van der Waals surface area contributed by atoms with E-state index in [4.69, 9.17) is 0 Å². The van der Waals surface area contributed by atoms with E-state index in [1.54, 1.807) is 0 Å². The highest BCUT2D eigenvalue weighted by atomic mass is 15.2. The molecule has 3 nitrogen and oxygen atoms in total. The smallest absolute Gasteiger partial charge is 0.128 e. The molecule has 0 bridgehead atoms. The Kier molecular flexibility index (Phi) is 4.46. The summed E-state index contributed by atoms with van der Waals surface area (Å²) < 4.78 is 0. The van der Waals surface area contributed by atoms with Gasteiger partial charge in [0.05, 0.1) is 0 Å². The summed E-state index contributed by atoms with van der Waals surface area (Å²) in [5, 5.41) is 3.49. The van der Waals surface area contributed by atoms with Crippen LogP contribution in [-0.2, 0) is 6.54 Å². The highest BCUT2D eigenvalue weighted by Crippen LogP contribution is 2.31. The molecule has 0 saturated carbocycles. The lowest BCUT2D eigenvalue weighted by Crippen LogP contribution is -2.24. The molecule has 1 aliphatic rings. The molecule has 0 atom stereocenters. The summed E-state index contributed by atoms with van der Waals surface area (Å²) in [6, 6.07) is 4.34. The lowest BCUT2D eigenvalue weighted by molar-refractivity contribution is 0.418. The molecule has 0 aliphatic carbocycles. The quantitative estimate of drug-likeness (QED) is 0.883. The topological polar surface area (TPSA) is 28.2 Å². The van der Waals surface area contributed by atoms with Crippen LogP contribution >= 0.6 is 0 Å². The highest BCUT2D eigenvalue weighted by molar-refractivity contribution is 5.42. The van der Waals surface area contributed by atoms with E-state index in [-0.39, 0.29) is 0 Å².